The first-order valence-electron chi connectivity index (χ1n) is 7.31. The van der Waals surface area contributed by atoms with E-state index in [1.807, 2.05) is 29.2 Å². The van der Waals surface area contributed by atoms with Gasteiger partial charge in [-0.05, 0) is 45.4 Å². The van der Waals surface area contributed by atoms with E-state index in [1.54, 1.807) is 21.0 Å². The van der Waals surface area contributed by atoms with Gasteiger partial charge < -0.3 is 15.2 Å². The maximum atomic E-state index is 12.2. The number of anilines is 1. The van der Waals surface area contributed by atoms with Crippen molar-refractivity contribution in [1.82, 2.24) is 4.90 Å². The van der Waals surface area contributed by atoms with Gasteiger partial charge in [-0.2, -0.15) is 0 Å². The van der Waals surface area contributed by atoms with E-state index in [0.29, 0.717) is 11.4 Å². The molecule has 1 atom stereocenters. The van der Waals surface area contributed by atoms with Crippen molar-refractivity contribution in [2.45, 2.75) is 38.3 Å². The summed E-state index contributed by atoms with van der Waals surface area (Å²) in [5, 5.41) is 13.1. The van der Waals surface area contributed by atoms with Crippen LogP contribution in [0.4, 0.5) is 5.69 Å². The second-order valence-corrected chi connectivity index (χ2v) is 6.03. The summed E-state index contributed by atoms with van der Waals surface area (Å²) in [6.45, 7) is 4.73. The third-order valence-corrected chi connectivity index (χ3v) is 3.91. The minimum absolute atomic E-state index is 0.0286. The van der Waals surface area contributed by atoms with Crippen LogP contribution >= 0.6 is 0 Å². The summed E-state index contributed by atoms with van der Waals surface area (Å²) in [5.41, 5.74) is -0.120. The van der Waals surface area contributed by atoms with E-state index in [0.717, 1.165) is 19.4 Å². The lowest BCUT2D eigenvalue weighted by Crippen LogP contribution is -2.48. The molecule has 5 nitrogen and oxygen atoms in total. The number of carbonyl (C=O) groups is 1. The van der Waals surface area contributed by atoms with Crippen LogP contribution in [0.3, 0.4) is 0 Å². The second-order valence-electron chi connectivity index (χ2n) is 6.03. The first-order chi connectivity index (χ1) is 9.91. The Bertz CT molecular complexity index is 497. The Kier molecular flexibility index (Phi) is 4.85. The van der Waals surface area contributed by atoms with Crippen molar-refractivity contribution >= 4 is 11.6 Å². The average molecular weight is 292 g/mol. The van der Waals surface area contributed by atoms with Gasteiger partial charge in [0.2, 0.25) is 5.91 Å². The smallest absolute Gasteiger partial charge is 0.238 e. The molecule has 0 spiro atoms. The zero-order chi connectivity index (χ0) is 15.5. The third kappa shape index (κ3) is 3.95. The first kappa shape index (κ1) is 15.8. The minimum atomic E-state index is -0.790. The maximum Gasteiger partial charge on any atom is 0.238 e. The van der Waals surface area contributed by atoms with Gasteiger partial charge in [0.15, 0.2) is 0 Å². The molecule has 0 aliphatic carbocycles. The highest BCUT2D eigenvalue weighted by Gasteiger charge is 2.36. The van der Waals surface area contributed by atoms with Gasteiger partial charge >= 0.3 is 0 Å². The lowest BCUT2D eigenvalue weighted by atomic mass is 9.97. The molecule has 0 aromatic heterocycles. The van der Waals surface area contributed by atoms with Crippen LogP contribution in [-0.4, -0.2) is 47.8 Å². The van der Waals surface area contributed by atoms with Gasteiger partial charge in [0.1, 0.15) is 5.75 Å². The van der Waals surface area contributed by atoms with Crippen LogP contribution in [0.1, 0.15) is 26.7 Å². The number of hydrogen-bond acceptors (Lipinski definition) is 4. The zero-order valence-electron chi connectivity index (χ0n) is 12.9. The molecule has 0 saturated carbocycles. The number of carbonyl (C=O) groups excluding carboxylic acids is 1. The number of para-hydroxylation sites is 2. The SMILES string of the molecule is COc1ccccc1NC(=O)CN1CCCC1C(C)(C)O. The molecule has 1 heterocycles. The Labute approximate surface area is 125 Å². The van der Waals surface area contributed by atoms with Crippen LogP contribution in [0.15, 0.2) is 24.3 Å². The van der Waals surface area contributed by atoms with Crippen molar-refractivity contribution in [2.75, 3.05) is 25.5 Å². The van der Waals surface area contributed by atoms with E-state index in [9.17, 15) is 9.90 Å². The summed E-state index contributed by atoms with van der Waals surface area (Å²) in [4.78, 5) is 14.3. The lowest BCUT2D eigenvalue weighted by Gasteiger charge is -2.33. The Morgan fingerprint density at radius 1 is 1.48 bits per heavy atom. The van der Waals surface area contributed by atoms with Crippen molar-refractivity contribution < 1.29 is 14.6 Å². The van der Waals surface area contributed by atoms with Gasteiger partial charge in [0.05, 0.1) is 24.9 Å². The minimum Gasteiger partial charge on any atom is -0.495 e. The molecule has 2 N–H and O–H groups in total. The highest BCUT2D eigenvalue weighted by Crippen LogP contribution is 2.27. The predicted octanol–water partition coefficient (Wildman–Crippen LogP) is 1.87. The Morgan fingerprint density at radius 3 is 2.86 bits per heavy atom. The molecule has 1 unspecified atom stereocenters. The molecular weight excluding hydrogens is 268 g/mol. The molecule has 1 aromatic rings. The van der Waals surface area contributed by atoms with Gasteiger partial charge in [-0.25, -0.2) is 0 Å². The van der Waals surface area contributed by atoms with Gasteiger partial charge in [-0.15, -0.1) is 0 Å². The number of likely N-dealkylation sites (tertiary alicyclic amines) is 1. The molecule has 1 saturated heterocycles. The standard InChI is InChI=1S/C16H24N2O3/c1-16(2,20)14-9-6-10-18(14)11-15(19)17-12-7-4-5-8-13(12)21-3/h4-5,7-8,14,20H,6,9-11H2,1-3H3,(H,17,19). The molecule has 0 bridgehead atoms. The summed E-state index contributed by atoms with van der Waals surface area (Å²) < 4.78 is 5.22. The monoisotopic (exact) mass is 292 g/mol. The number of nitrogens with zero attached hydrogens (tertiary/aromatic N) is 1. The van der Waals surface area contributed by atoms with Crippen molar-refractivity contribution in [3.63, 3.8) is 0 Å². The number of rotatable bonds is 5. The van der Waals surface area contributed by atoms with Crippen molar-refractivity contribution in [1.29, 1.82) is 0 Å². The lowest BCUT2D eigenvalue weighted by molar-refractivity contribution is -0.118. The topological polar surface area (TPSA) is 61.8 Å². The number of hydrogen-bond donors (Lipinski definition) is 2. The zero-order valence-corrected chi connectivity index (χ0v) is 12.9. The van der Waals surface area contributed by atoms with Crippen molar-refractivity contribution in [2.24, 2.45) is 0 Å². The average Bonchev–Trinajstić information content (AvgIpc) is 2.87. The quantitative estimate of drug-likeness (QED) is 0.869. The summed E-state index contributed by atoms with van der Waals surface area (Å²) in [6, 6.07) is 7.37. The largest absolute Gasteiger partial charge is 0.495 e. The molecule has 1 aromatic carbocycles. The van der Waals surface area contributed by atoms with Crippen LogP contribution in [-0.2, 0) is 4.79 Å². The highest BCUT2D eigenvalue weighted by atomic mass is 16.5. The van der Waals surface area contributed by atoms with Crippen molar-refractivity contribution in [3.8, 4) is 5.75 Å². The summed E-state index contributed by atoms with van der Waals surface area (Å²) in [6.07, 6.45) is 1.93. The molecule has 0 radical (unpaired) electrons. The number of nitrogens with one attached hydrogen (secondary N) is 1. The molecule has 21 heavy (non-hydrogen) atoms. The van der Waals surface area contributed by atoms with E-state index < -0.39 is 5.60 Å². The highest BCUT2D eigenvalue weighted by molar-refractivity contribution is 5.93. The van der Waals surface area contributed by atoms with E-state index in [1.165, 1.54) is 0 Å². The van der Waals surface area contributed by atoms with E-state index >= 15 is 0 Å². The Hall–Kier alpha value is -1.59. The van der Waals surface area contributed by atoms with Crippen LogP contribution in [0, 0.1) is 0 Å². The molecule has 5 heteroatoms. The summed E-state index contributed by atoms with van der Waals surface area (Å²) in [5.74, 6) is 0.557. The Balaban J connectivity index is 1.98. The third-order valence-electron chi connectivity index (χ3n) is 3.91. The number of amides is 1. The number of ether oxygens (including phenoxy) is 1. The van der Waals surface area contributed by atoms with E-state index in [4.69, 9.17) is 4.74 Å². The fraction of sp³-hybridized carbons (Fsp3) is 0.562. The molecule has 1 aliphatic heterocycles. The number of aliphatic hydroxyl groups is 1. The van der Waals surface area contributed by atoms with Gasteiger partial charge in [-0.1, -0.05) is 12.1 Å². The number of methoxy groups -OCH3 is 1. The first-order valence-corrected chi connectivity index (χ1v) is 7.31. The van der Waals surface area contributed by atoms with Gasteiger partial charge in [0, 0.05) is 6.04 Å². The molecule has 116 valence electrons. The van der Waals surface area contributed by atoms with Crippen LogP contribution in [0.2, 0.25) is 0 Å². The predicted molar refractivity (Wildman–Crippen MR) is 82.5 cm³/mol. The Morgan fingerprint density at radius 2 is 2.19 bits per heavy atom. The van der Waals surface area contributed by atoms with Crippen LogP contribution in [0.25, 0.3) is 0 Å². The van der Waals surface area contributed by atoms with Crippen molar-refractivity contribution in [3.05, 3.63) is 24.3 Å². The summed E-state index contributed by atoms with van der Waals surface area (Å²) >= 11 is 0. The van der Waals surface area contributed by atoms with E-state index in [2.05, 4.69) is 5.32 Å². The molecular formula is C16H24N2O3. The molecule has 2 rings (SSSR count). The van der Waals surface area contributed by atoms with E-state index in [-0.39, 0.29) is 18.5 Å². The molecule has 1 amide bonds. The summed E-state index contributed by atoms with van der Waals surface area (Å²) in [7, 11) is 1.58. The van der Waals surface area contributed by atoms with Gasteiger partial charge in [0.25, 0.3) is 0 Å². The number of benzene rings is 1. The molecule has 1 fully saturated rings. The molecule has 1 aliphatic rings. The fourth-order valence-corrected chi connectivity index (χ4v) is 2.94. The fourth-order valence-electron chi connectivity index (χ4n) is 2.94. The second kappa shape index (κ2) is 6.45. The van der Waals surface area contributed by atoms with Crippen LogP contribution < -0.4 is 10.1 Å². The van der Waals surface area contributed by atoms with Gasteiger partial charge in [-0.3, -0.25) is 9.69 Å². The maximum absolute atomic E-state index is 12.2. The normalized spacial score (nSPS) is 19.5. The van der Waals surface area contributed by atoms with Crippen LogP contribution in [0.5, 0.6) is 5.75 Å².